The lowest BCUT2D eigenvalue weighted by molar-refractivity contribution is 0.102. The smallest absolute Gasteiger partial charge is 0.273 e. The Kier molecular flexibility index (Phi) is 2.89. The lowest BCUT2D eigenvalue weighted by Crippen LogP contribution is -2.13. The van der Waals surface area contributed by atoms with Gasteiger partial charge in [-0.1, -0.05) is 23.2 Å². The highest BCUT2D eigenvalue weighted by Crippen LogP contribution is 2.22. The standard InChI is InChI=1S/C9H8Cl2N4O/c1-4-3-12-15-8(4)14-9(16)6-2-5(10)7(11)13-6/h2-3,13H,1H3,(H2,12,14,15,16). The van der Waals surface area contributed by atoms with Gasteiger partial charge in [0.15, 0.2) is 0 Å². The van der Waals surface area contributed by atoms with Crippen LogP contribution >= 0.6 is 23.2 Å². The summed E-state index contributed by atoms with van der Waals surface area (Å²) in [6, 6.07) is 1.46. The van der Waals surface area contributed by atoms with Crippen molar-refractivity contribution in [1.82, 2.24) is 15.2 Å². The number of nitrogens with one attached hydrogen (secondary N) is 3. The molecule has 16 heavy (non-hydrogen) atoms. The zero-order chi connectivity index (χ0) is 11.7. The molecule has 0 aliphatic carbocycles. The largest absolute Gasteiger partial charge is 0.340 e. The number of hydrogen-bond acceptors (Lipinski definition) is 2. The Balaban J connectivity index is 2.18. The molecule has 0 bridgehead atoms. The first kappa shape index (κ1) is 11.0. The Morgan fingerprint density at radius 1 is 1.50 bits per heavy atom. The lowest BCUT2D eigenvalue weighted by Gasteiger charge is -2.00. The fraction of sp³-hybridized carbons (Fsp3) is 0.111. The zero-order valence-electron chi connectivity index (χ0n) is 8.27. The number of nitrogens with zero attached hydrogens (tertiary/aromatic N) is 1. The summed E-state index contributed by atoms with van der Waals surface area (Å²) in [5.41, 5.74) is 1.14. The van der Waals surface area contributed by atoms with Crippen molar-refractivity contribution in [2.45, 2.75) is 6.92 Å². The maximum atomic E-state index is 11.7. The molecule has 0 aliphatic rings. The van der Waals surface area contributed by atoms with Crippen LogP contribution in [0.5, 0.6) is 0 Å². The average molecular weight is 259 g/mol. The number of aromatic amines is 2. The first-order chi connectivity index (χ1) is 7.58. The van der Waals surface area contributed by atoms with Gasteiger partial charge in [0, 0.05) is 5.56 Å². The van der Waals surface area contributed by atoms with Crippen molar-refractivity contribution in [2.75, 3.05) is 5.32 Å². The summed E-state index contributed by atoms with van der Waals surface area (Å²) in [5, 5.41) is 9.65. The molecule has 2 rings (SSSR count). The van der Waals surface area contributed by atoms with Crippen molar-refractivity contribution >= 4 is 34.9 Å². The van der Waals surface area contributed by atoms with E-state index < -0.39 is 0 Å². The fourth-order valence-electron chi connectivity index (χ4n) is 1.18. The predicted molar refractivity (Wildman–Crippen MR) is 62.1 cm³/mol. The van der Waals surface area contributed by atoms with E-state index in [2.05, 4.69) is 20.5 Å². The SMILES string of the molecule is Cc1cn[nH]c1NC(=O)c1cc(Cl)c(Cl)[nH]1. The molecule has 0 aromatic carbocycles. The molecular formula is C9H8Cl2N4O. The summed E-state index contributed by atoms with van der Waals surface area (Å²) in [6.45, 7) is 1.83. The molecule has 2 aromatic heterocycles. The molecule has 3 N–H and O–H groups in total. The van der Waals surface area contributed by atoms with Crippen LogP contribution in [0.25, 0.3) is 0 Å². The van der Waals surface area contributed by atoms with Crippen molar-refractivity contribution in [1.29, 1.82) is 0 Å². The zero-order valence-corrected chi connectivity index (χ0v) is 9.78. The van der Waals surface area contributed by atoms with Gasteiger partial charge in [-0.05, 0) is 13.0 Å². The highest BCUT2D eigenvalue weighted by molar-refractivity contribution is 6.41. The number of carbonyl (C=O) groups excluding carboxylic acids is 1. The van der Waals surface area contributed by atoms with E-state index in [9.17, 15) is 4.79 Å². The number of hydrogen-bond donors (Lipinski definition) is 3. The predicted octanol–water partition coefficient (Wildman–Crippen LogP) is 2.61. The van der Waals surface area contributed by atoms with Gasteiger partial charge in [-0.25, -0.2) is 0 Å². The molecule has 0 saturated heterocycles. The van der Waals surface area contributed by atoms with E-state index in [4.69, 9.17) is 23.2 Å². The summed E-state index contributed by atoms with van der Waals surface area (Å²) in [5.74, 6) is 0.216. The maximum Gasteiger partial charge on any atom is 0.273 e. The number of H-pyrrole nitrogens is 2. The summed E-state index contributed by atoms with van der Waals surface area (Å²) < 4.78 is 0. The van der Waals surface area contributed by atoms with Crippen molar-refractivity contribution < 1.29 is 4.79 Å². The Morgan fingerprint density at radius 2 is 2.25 bits per heavy atom. The minimum atomic E-state index is -0.332. The monoisotopic (exact) mass is 258 g/mol. The molecule has 0 aliphatic heterocycles. The molecule has 0 radical (unpaired) electrons. The van der Waals surface area contributed by atoms with Gasteiger partial charge in [-0.15, -0.1) is 0 Å². The third kappa shape index (κ3) is 2.05. The number of rotatable bonds is 2. The highest BCUT2D eigenvalue weighted by atomic mass is 35.5. The van der Waals surface area contributed by atoms with E-state index in [-0.39, 0.29) is 11.1 Å². The fourth-order valence-corrected chi connectivity index (χ4v) is 1.49. The molecule has 5 nitrogen and oxygen atoms in total. The number of amides is 1. The Morgan fingerprint density at radius 3 is 2.75 bits per heavy atom. The van der Waals surface area contributed by atoms with E-state index in [0.717, 1.165) is 5.56 Å². The van der Waals surface area contributed by atoms with Crippen LogP contribution in [-0.4, -0.2) is 21.1 Å². The van der Waals surface area contributed by atoms with Crippen LogP contribution in [0.1, 0.15) is 16.1 Å². The summed E-state index contributed by atoms with van der Waals surface area (Å²) in [4.78, 5) is 14.4. The summed E-state index contributed by atoms with van der Waals surface area (Å²) in [7, 11) is 0. The van der Waals surface area contributed by atoms with E-state index >= 15 is 0 Å². The number of aryl methyl sites for hydroxylation is 1. The topological polar surface area (TPSA) is 73.6 Å². The van der Waals surface area contributed by atoms with Crippen molar-refractivity contribution in [3.05, 3.63) is 33.7 Å². The van der Waals surface area contributed by atoms with Gasteiger partial charge in [-0.2, -0.15) is 5.10 Å². The van der Waals surface area contributed by atoms with Gasteiger partial charge < -0.3 is 10.3 Å². The highest BCUT2D eigenvalue weighted by Gasteiger charge is 2.13. The molecule has 0 atom stereocenters. The summed E-state index contributed by atoms with van der Waals surface area (Å²) >= 11 is 11.4. The molecule has 0 spiro atoms. The van der Waals surface area contributed by atoms with Gasteiger partial charge in [0.1, 0.15) is 16.7 Å². The Bertz CT molecular complexity index is 512. The van der Waals surface area contributed by atoms with E-state index in [1.54, 1.807) is 6.20 Å². The molecule has 0 unspecified atom stereocenters. The van der Waals surface area contributed by atoms with Crippen LogP contribution in [0.3, 0.4) is 0 Å². The second kappa shape index (κ2) is 4.19. The lowest BCUT2D eigenvalue weighted by atomic mass is 10.3. The van der Waals surface area contributed by atoms with E-state index in [1.807, 2.05) is 6.92 Å². The Hall–Kier alpha value is -1.46. The normalized spacial score (nSPS) is 10.4. The van der Waals surface area contributed by atoms with Crippen LogP contribution < -0.4 is 5.32 Å². The van der Waals surface area contributed by atoms with Crippen molar-refractivity contribution in [3.8, 4) is 0 Å². The molecule has 7 heteroatoms. The first-order valence-electron chi connectivity index (χ1n) is 4.43. The molecule has 0 fully saturated rings. The molecule has 2 aromatic rings. The third-order valence-electron chi connectivity index (χ3n) is 2.04. The minimum Gasteiger partial charge on any atom is -0.340 e. The second-order valence-corrected chi connectivity index (χ2v) is 4.01. The number of anilines is 1. The van der Waals surface area contributed by atoms with E-state index in [1.165, 1.54) is 6.07 Å². The number of halogens is 2. The number of carbonyl (C=O) groups is 1. The molecular weight excluding hydrogens is 251 g/mol. The van der Waals surface area contributed by atoms with Crippen LogP contribution in [0.4, 0.5) is 5.82 Å². The Labute approximate surface area is 101 Å². The molecule has 2 heterocycles. The van der Waals surface area contributed by atoms with Gasteiger partial charge in [0.05, 0.1) is 11.2 Å². The van der Waals surface area contributed by atoms with E-state index in [0.29, 0.717) is 16.5 Å². The molecule has 1 amide bonds. The van der Waals surface area contributed by atoms with Crippen molar-refractivity contribution in [2.24, 2.45) is 0 Å². The second-order valence-electron chi connectivity index (χ2n) is 3.23. The molecule has 0 saturated carbocycles. The van der Waals surface area contributed by atoms with Gasteiger partial charge in [0.2, 0.25) is 0 Å². The average Bonchev–Trinajstić information content (AvgIpc) is 2.76. The van der Waals surface area contributed by atoms with Crippen LogP contribution in [-0.2, 0) is 0 Å². The van der Waals surface area contributed by atoms with Crippen LogP contribution in [0.15, 0.2) is 12.3 Å². The van der Waals surface area contributed by atoms with Gasteiger partial charge >= 0.3 is 0 Å². The minimum absolute atomic E-state index is 0.244. The van der Waals surface area contributed by atoms with Crippen LogP contribution in [0.2, 0.25) is 10.2 Å². The van der Waals surface area contributed by atoms with Crippen molar-refractivity contribution in [3.63, 3.8) is 0 Å². The summed E-state index contributed by atoms with van der Waals surface area (Å²) in [6.07, 6.45) is 1.62. The molecule has 84 valence electrons. The number of aromatic nitrogens is 3. The van der Waals surface area contributed by atoms with Crippen LogP contribution in [0, 0.1) is 6.92 Å². The first-order valence-corrected chi connectivity index (χ1v) is 5.19. The maximum absolute atomic E-state index is 11.7. The van der Waals surface area contributed by atoms with Gasteiger partial charge in [-0.3, -0.25) is 9.89 Å². The third-order valence-corrected chi connectivity index (χ3v) is 2.73. The van der Waals surface area contributed by atoms with Gasteiger partial charge in [0.25, 0.3) is 5.91 Å². The quantitative estimate of drug-likeness (QED) is 0.775.